The second-order valence-corrected chi connectivity index (χ2v) is 7.96. The molecule has 0 aliphatic carbocycles. The van der Waals surface area contributed by atoms with Crippen LogP contribution in [0.2, 0.25) is 0 Å². The van der Waals surface area contributed by atoms with Crippen molar-refractivity contribution in [3.8, 4) is 0 Å². The van der Waals surface area contributed by atoms with Crippen LogP contribution in [0.3, 0.4) is 0 Å². The number of piperidine rings is 1. The molecule has 6 nitrogen and oxygen atoms in total. The molecular weight excluding hydrogens is 290 g/mol. The third kappa shape index (κ3) is 3.93. The summed E-state index contributed by atoms with van der Waals surface area (Å²) in [5.74, 6) is 0.861. The van der Waals surface area contributed by atoms with Gasteiger partial charge in [-0.1, -0.05) is 6.07 Å². The van der Waals surface area contributed by atoms with Gasteiger partial charge >= 0.3 is 0 Å². The molecule has 7 heteroatoms. The summed E-state index contributed by atoms with van der Waals surface area (Å²) >= 11 is 0. The van der Waals surface area contributed by atoms with Gasteiger partial charge in [0, 0.05) is 32.9 Å². The van der Waals surface area contributed by atoms with E-state index in [-0.39, 0.29) is 12.3 Å². The minimum Gasteiger partial charge on any atom is -0.387 e. The summed E-state index contributed by atoms with van der Waals surface area (Å²) in [7, 11) is -1.75. The molecule has 1 aromatic rings. The fourth-order valence-corrected chi connectivity index (χ4v) is 3.59. The van der Waals surface area contributed by atoms with Gasteiger partial charge in [-0.05, 0) is 31.9 Å². The summed E-state index contributed by atoms with van der Waals surface area (Å²) in [6, 6.07) is 5.66. The van der Waals surface area contributed by atoms with Crippen LogP contribution in [0.1, 0.15) is 19.8 Å². The van der Waals surface area contributed by atoms with E-state index in [0.717, 1.165) is 18.8 Å². The largest absolute Gasteiger partial charge is 0.387 e. The number of β-amino-alcohol motifs (C(OH)–C–C–N with tert-alkyl or cyclic N) is 1. The van der Waals surface area contributed by atoms with Gasteiger partial charge in [-0.15, -0.1) is 0 Å². The zero-order chi connectivity index (χ0) is 15.5. The van der Waals surface area contributed by atoms with Crippen molar-refractivity contribution in [3.05, 3.63) is 24.4 Å². The number of likely N-dealkylation sites (N-methyl/N-ethyl adjacent to an activating group) is 1. The number of pyridine rings is 1. The Morgan fingerprint density at radius 2 is 2.24 bits per heavy atom. The first-order chi connectivity index (χ1) is 9.86. The van der Waals surface area contributed by atoms with E-state index in [9.17, 15) is 13.5 Å². The monoisotopic (exact) mass is 313 g/mol. The molecule has 1 N–H and O–H groups in total. The maximum Gasteiger partial charge on any atom is 0.213 e. The van der Waals surface area contributed by atoms with E-state index in [1.807, 2.05) is 23.1 Å². The number of anilines is 1. The summed E-state index contributed by atoms with van der Waals surface area (Å²) in [6.07, 6.45) is 3.13. The topological polar surface area (TPSA) is 73.7 Å². The van der Waals surface area contributed by atoms with Crippen molar-refractivity contribution in [2.75, 3.05) is 37.3 Å². The van der Waals surface area contributed by atoms with E-state index in [1.165, 1.54) is 11.4 Å². The van der Waals surface area contributed by atoms with Gasteiger partial charge in [0.15, 0.2) is 0 Å². The third-order valence-electron chi connectivity index (χ3n) is 3.89. The Balaban J connectivity index is 2.09. The quantitative estimate of drug-likeness (QED) is 0.866. The highest BCUT2D eigenvalue weighted by Gasteiger charge is 2.36. The van der Waals surface area contributed by atoms with Crippen LogP contribution in [-0.4, -0.2) is 60.8 Å². The Bertz CT molecular complexity index is 564. The van der Waals surface area contributed by atoms with Crippen LogP contribution in [0.4, 0.5) is 5.82 Å². The van der Waals surface area contributed by atoms with E-state index in [1.54, 1.807) is 13.1 Å². The number of aliphatic hydroxyl groups is 1. The van der Waals surface area contributed by atoms with Crippen LogP contribution in [0.15, 0.2) is 24.4 Å². The standard InChI is InChI=1S/C14H23N3O3S/c1-3-21(19,20)16(2)11-14(18)8-6-10-17(12-14)13-7-4-5-9-15-13/h4-5,7,9,18H,3,6,8,10-12H2,1-2H3/t14-/m0/s1. The molecule has 1 aliphatic rings. The maximum atomic E-state index is 11.9. The summed E-state index contributed by atoms with van der Waals surface area (Å²) in [5.41, 5.74) is -1.03. The van der Waals surface area contributed by atoms with Gasteiger partial charge < -0.3 is 10.0 Å². The first-order valence-electron chi connectivity index (χ1n) is 7.19. The van der Waals surface area contributed by atoms with Crippen molar-refractivity contribution >= 4 is 15.8 Å². The molecule has 21 heavy (non-hydrogen) atoms. The van der Waals surface area contributed by atoms with Gasteiger partial charge in [0.05, 0.1) is 11.4 Å². The van der Waals surface area contributed by atoms with E-state index < -0.39 is 15.6 Å². The van der Waals surface area contributed by atoms with Crippen LogP contribution >= 0.6 is 0 Å². The van der Waals surface area contributed by atoms with Gasteiger partial charge in [-0.2, -0.15) is 0 Å². The lowest BCUT2D eigenvalue weighted by Gasteiger charge is -2.41. The molecule has 0 amide bonds. The lowest BCUT2D eigenvalue weighted by molar-refractivity contribution is 0.0132. The highest BCUT2D eigenvalue weighted by atomic mass is 32.2. The molecule has 0 bridgehead atoms. The summed E-state index contributed by atoms with van der Waals surface area (Å²) < 4.78 is 25.0. The Kier molecular flexibility index (Phi) is 4.85. The molecular formula is C14H23N3O3S. The third-order valence-corrected chi connectivity index (χ3v) is 5.69. The van der Waals surface area contributed by atoms with Crippen molar-refractivity contribution in [3.63, 3.8) is 0 Å². The molecule has 0 aromatic carbocycles. The predicted molar refractivity (Wildman–Crippen MR) is 82.7 cm³/mol. The van der Waals surface area contributed by atoms with Crippen molar-refractivity contribution in [2.45, 2.75) is 25.4 Å². The fourth-order valence-electron chi connectivity index (χ4n) is 2.71. The minimum absolute atomic E-state index is 0.0452. The first kappa shape index (κ1) is 16.2. The number of hydrogen-bond acceptors (Lipinski definition) is 5. The number of sulfonamides is 1. The van der Waals surface area contributed by atoms with Crippen LogP contribution in [0.5, 0.6) is 0 Å². The maximum absolute atomic E-state index is 11.9. The molecule has 1 aliphatic heterocycles. The molecule has 0 unspecified atom stereocenters. The molecule has 1 aromatic heterocycles. The molecule has 0 spiro atoms. The highest BCUT2D eigenvalue weighted by Crippen LogP contribution is 2.26. The molecule has 118 valence electrons. The average Bonchev–Trinajstić information content (AvgIpc) is 2.47. The van der Waals surface area contributed by atoms with E-state index in [2.05, 4.69) is 4.98 Å². The summed E-state index contributed by atoms with van der Waals surface area (Å²) in [6.45, 7) is 2.95. The van der Waals surface area contributed by atoms with Crippen molar-refractivity contribution in [2.24, 2.45) is 0 Å². The molecule has 1 atom stereocenters. The predicted octanol–water partition coefficient (Wildman–Crippen LogP) is 0.694. The van der Waals surface area contributed by atoms with Crippen LogP contribution in [0.25, 0.3) is 0 Å². The van der Waals surface area contributed by atoms with Gasteiger partial charge in [0.25, 0.3) is 0 Å². The van der Waals surface area contributed by atoms with E-state index in [0.29, 0.717) is 13.0 Å². The van der Waals surface area contributed by atoms with Gasteiger partial charge in [-0.3, -0.25) is 0 Å². The smallest absolute Gasteiger partial charge is 0.213 e. The van der Waals surface area contributed by atoms with Crippen LogP contribution < -0.4 is 4.90 Å². The van der Waals surface area contributed by atoms with Gasteiger partial charge in [-0.25, -0.2) is 17.7 Å². The zero-order valence-electron chi connectivity index (χ0n) is 12.6. The molecule has 1 fully saturated rings. The number of hydrogen-bond donors (Lipinski definition) is 1. The molecule has 2 rings (SSSR count). The Hall–Kier alpha value is -1.18. The Morgan fingerprint density at radius 1 is 1.48 bits per heavy atom. The summed E-state index contributed by atoms with van der Waals surface area (Å²) in [4.78, 5) is 6.30. The lowest BCUT2D eigenvalue weighted by atomic mass is 9.93. The van der Waals surface area contributed by atoms with Crippen molar-refractivity contribution in [1.29, 1.82) is 0 Å². The highest BCUT2D eigenvalue weighted by molar-refractivity contribution is 7.89. The van der Waals surface area contributed by atoms with E-state index in [4.69, 9.17) is 0 Å². The minimum atomic E-state index is -3.28. The van der Waals surface area contributed by atoms with Crippen LogP contribution in [0, 0.1) is 0 Å². The first-order valence-corrected chi connectivity index (χ1v) is 8.80. The number of rotatable bonds is 5. The Labute approximate surface area is 126 Å². The number of aromatic nitrogens is 1. The van der Waals surface area contributed by atoms with Crippen LogP contribution in [-0.2, 0) is 10.0 Å². The van der Waals surface area contributed by atoms with Crippen molar-refractivity contribution in [1.82, 2.24) is 9.29 Å². The Morgan fingerprint density at radius 3 is 2.86 bits per heavy atom. The fraction of sp³-hybridized carbons (Fsp3) is 0.643. The SMILES string of the molecule is CCS(=O)(=O)N(C)C[C@@]1(O)CCCN(c2ccccn2)C1. The second kappa shape index (κ2) is 6.29. The summed E-state index contributed by atoms with van der Waals surface area (Å²) in [5, 5.41) is 10.8. The van der Waals surface area contributed by atoms with Crippen molar-refractivity contribution < 1.29 is 13.5 Å². The normalized spacial score (nSPS) is 23.5. The average molecular weight is 313 g/mol. The molecule has 0 saturated carbocycles. The molecule has 1 saturated heterocycles. The number of nitrogens with zero attached hydrogens (tertiary/aromatic N) is 3. The molecule has 2 heterocycles. The zero-order valence-corrected chi connectivity index (χ0v) is 13.4. The van der Waals surface area contributed by atoms with E-state index >= 15 is 0 Å². The lowest BCUT2D eigenvalue weighted by Crippen LogP contribution is -2.55. The van der Waals surface area contributed by atoms with Gasteiger partial charge in [0.2, 0.25) is 10.0 Å². The van der Waals surface area contributed by atoms with Gasteiger partial charge in [0.1, 0.15) is 5.82 Å². The second-order valence-electron chi connectivity index (χ2n) is 5.59. The molecule has 0 radical (unpaired) electrons.